The number of urea groups is 1. The molecular weight excluding hydrogens is 220 g/mol. The van der Waals surface area contributed by atoms with Gasteiger partial charge in [0.05, 0.1) is 14.2 Å². The Morgan fingerprint density at radius 2 is 1.65 bits per heavy atom. The van der Waals surface area contributed by atoms with Gasteiger partial charge < -0.3 is 14.4 Å². The quantitative estimate of drug-likeness (QED) is 0.806. The molecule has 1 rings (SSSR count). The van der Waals surface area contributed by atoms with Gasteiger partial charge in [-0.3, -0.25) is 4.90 Å². The largest absolute Gasteiger partial charge is 0.493 e. The summed E-state index contributed by atoms with van der Waals surface area (Å²) in [5, 5.41) is 0. The number of ether oxygens (including phenoxy) is 2. The summed E-state index contributed by atoms with van der Waals surface area (Å²) in [5.41, 5.74) is 0.751. The Hall–Kier alpha value is -1.91. The number of hydrogen-bond donors (Lipinski definition) is 0. The zero-order valence-electron chi connectivity index (χ0n) is 10.9. The third-order valence-electron chi connectivity index (χ3n) is 2.42. The minimum Gasteiger partial charge on any atom is -0.493 e. The van der Waals surface area contributed by atoms with Gasteiger partial charge in [-0.25, -0.2) is 4.79 Å². The second kappa shape index (κ2) is 5.43. The zero-order valence-corrected chi connectivity index (χ0v) is 10.9. The lowest BCUT2D eigenvalue weighted by Gasteiger charge is -2.22. The molecule has 0 aliphatic rings. The summed E-state index contributed by atoms with van der Waals surface area (Å²) in [4.78, 5) is 14.8. The number of anilines is 1. The van der Waals surface area contributed by atoms with E-state index in [2.05, 4.69) is 0 Å². The number of methoxy groups -OCH3 is 2. The molecule has 0 atom stereocenters. The van der Waals surface area contributed by atoms with Gasteiger partial charge in [-0.05, 0) is 12.1 Å². The Morgan fingerprint density at radius 1 is 1.06 bits per heavy atom. The summed E-state index contributed by atoms with van der Waals surface area (Å²) in [6, 6.07) is 5.24. The van der Waals surface area contributed by atoms with Gasteiger partial charge in [-0.2, -0.15) is 0 Å². The van der Waals surface area contributed by atoms with Crippen molar-refractivity contribution in [1.82, 2.24) is 4.90 Å². The summed E-state index contributed by atoms with van der Waals surface area (Å²) in [7, 11) is 8.27. The van der Waals surface area contributed by atoms with Crippen LogP contribution in [-0.2, 0) is 0 Å². The van der Waals surface area contributed by atoms with Crippen molar-refractivity contribution < 1.29 is 14.3 Å². The van der Waals surface area contributed by atoms with Crippen molar-refractivity contribution in [2.75, 3.05) is 40.3 Å². The van der Waals surface area contributed by atoms with E-state index in [0.717, 1.165) is 5.69 Å². The zero-order chi connectivity index (χ0) is 13.0. The van der Waals surface area contributed by atoms with E-state index < -0.39 is 0 Å². The van der Waals surface area contributed by atoms with Gasteiger partial charge >= 0.3 is 6.03 Å². The maximum absolute atomic E-state index is 11.8. The third-order valence-corrected chi connectivity index (χ3v) is 2.42. The van der Waals surface area contributed by atoms with Crippen LogP contribution < -0.4 is 14.4 Å². The van der Waals surface area contributed by atoms with Crippen LogP contribution in [0.25, 0.3) is 0 Å². The van der Waals surface area contributed by atoms with E-state index in [1.807, 2.05) is 6.07 Å². The predicted molar refractivity (Wildman–Crippen MR) is 67.0 cm³/mol. The molecule has 1 aromatic rings. The highest BCUT2D eigenvalue weighted by molar-refractivity contribution is 5.91. The maximum Gasteiger partial charge on any atom is 0.323 e. The molecule has 1 aromatic carbocycles. The number of nitrogens with zero attached hydrogens (tertiary/aromatic N) is 2. The smallest absolute Gasteiger partial charge is 0.323 e. The van der Waals surface area contributed by atoms with Gasteiger partial charge in [-0.1, -0.05) is 0 Å². The highest BCUT2D eigenvalue weighted by atomic mass is 16.5. The molecule has 5 nitrogen and oxygen atoms in total. The molecule has 0 unspecified atom stereocenters. The Morgan fingerprint density at radius 3 is 2.12 bits per heavy atom. The summed E-state index contributed by atoms with van der Waals surface area (Å²) in [6.07, 6.45) is 0. The van der Waals surface area contributed by atoms with Gasteiger partial charge in [0.1, 0.15) is 0 Å². The molecule has 0 heterocycles. The monoisotopic (exact) mass is 238 g/mol. The van der Waals surface area contributed by atoms with Crippen molar-refractivity contribution in [3.8, 4) is 11.5 Å². The molecule has 0 N–H and O–H groups in total. The van der Waals surface area contributed by atoms with E-state index in [0.29, 0.717) is 11.5 Å². The normalized spacial score (nSPS) is 9.71. The van der Waals surface area contributed by atoms with Gasteiger partial charge in [0, 0.05) is 32.9 Å². The molecule has 0 fully saturated rings. The van der Waals surface area contributed by atoms with Gasteiger partial charge in [-0.15, -0.1) is 0 Å². The average molecular weight is 238 g/mol. The van der Waals surface area contributed by atoms with Crippen molar-refractivity contribution in [3.05, 3.63) is 18.2 Å². The number of rotatable bonds is 3. The number of hydrogen-bond acceptors (Lipinski definition) is 3. The fraction of sp³-hybridized carbons (Fsp3) is 0.417. The van der Waals surface area contributed by atoms with Gasteiger partial charge in [0.15, 0.2) is 11.5 Å². The van der Waals surface area contributed by atoms with Gasteiger partial charge in [0.2, 0.25) is 0 Å². The summed E-state index contributed by atoms with van der Waals surface area (Å²) >= 11 is 0. The summed E-state index contributed by atoms with van der Waals surface area (Å²) in [6.45, 7) is 0. The fourth-order valence-corrected chi connectivity index (χ4v) is 1.44. The Labute approximate surface area is 102 Å². The lowest BCUT2D eigenvalue weighted by atomic mass is 10.2. The second-order valence-electron chi connectivity index (χ2n) is 3.78. The standard InChI is InChI=1S/C12H18N2O3/c1-13(2)12(15)14(3)9-6-7-10(16-4)11(8-9)17-5/h6-8H,1-5H3. The number of benzene rings is 1. The van der Waals surface area contributed by atoms with Crippen LogP contribution in [0.2, 0.25) is 0 Å². The van der Waals surface area contributed by atoms with Crippen molar-refractivity contribution in [1.29, 1.82) is 0 Å². The van der Waals surface area contributed by atoms with Crippen LogP contribution in [-0.4, -0.2) is 46.3 Å². The second-order valence-corrected chi connectivity index (χ2v) is 3.78. The fourth-order valence-electron chi connectivity index (χ4n) is 1.44. The molecule has 0 aromatic heterocycles. The molecule has 0 aliphatic carbocycles. The van der Waals surface area contributed by atoms with E-state index in [-0.39, 0.29) is 6.03 Å². The van der Waals surface area contributed by atoms with Crippen LogP contribution in [0.1, 0.15) is 0 Å². The van der Waals surface area contributed by atoms with Crippen molar-refractivity contribution in [3.63, 3.8) is 0 Å². The minimum absolute atomic E-state index is 0.0998. The number of carbonyl (C=O) groups is 1. The number of amides is 2. The van der Waals surface area contributed by atoms with Crippen LogP contribution in [0, 0.1) is 0 Å². The highest BCUT2D eigenvalue weighted by Crippen LogP contribution is 2.31. The van der Waals surface area contributed by atoms with E-state index in [9.17, 15) is 4.79 Å². The van der Waals surface area contributed by atoms with E-state index in [1.165, 1.54) is 4.90 Å². The van der Waals surface area contributed by atoms with E-state index in [1.54, 1.807) is 52.4 Å². The summed E-state index contributed by atoms with van der Waals surface area (Å²) < 4.78 is 10.3. The van der Waals surface area contributed by atoms with E-state index in [4.69, 9.17) is 9.47 Å². The molecule has 0 aliphatic heterocycles. The van der Waals surface area contributed by atoms with Crippen LogP contribution in [0.15, 0.2) is 18.2 Å². The Kier molecular flexibility index (Phi) is 4.20. The molecular formula is C12H18N2O3. The Balaban J connectivity index is 3.03. The van der Waals surface area contributed by atoms with Crippen LogP contribution >= 0.6 is 0 Å². The average Bonchev–Trinajstić information content (AvgIpc) is 2.35. The van der Waals surface area contributed by atoms with Crippen LogP contribution in [0.5, 0.6) is 11.5 Å². The molecule has 0 spiro atoms. The SMILES string of the molecule is COc1ccc(N(C)C(=O)N(C)C)cc1OC. The minimum atomic E-state index is -0.0998. The van der Waals surface area contributed by atoms with Crippen LogP contribution in [0.4, 0.5) is 10.5 Å². The molecule has 5 heteroatoms. The van der Waals surface area contributed by atoms with Crippen molar-refractivity contribution in [2.45, 2.75) is 0 Å². The molecule has 94 valence electrons. The molecule has 0 radical (unpaired) electrons. The number of carbonyl (C=O) groups excluding carboxylic acids is 1. The van der Waals surface area contributed by atoms with Crippen molar-refractivity contribution in [2.24, 2.45) is 0 Å². The third kappa shape index (κ3) is 2.81. The van der Waals surface area contributed by atoms with Gasteiger partial charge in [0.25, 0.3) is 0 Å². The lowest BCUT2D eigenvalue weighted by Crippen LogP contribution is -2.36. The molecule has 0 bridgehead atoms. The van der Waals surface area contributed by atoms with Crippen molar-refractivity contribution >= 4 is 11.7 Å². The first-order chi connectivity index (χ1) is 8.01. The van der Waals surface area contributed by atoms with Crippen LogP contribution in [0.3, 0.4) is 0 Å². The predicted octanol–water partition coefficient (Wildman–Crippen LogP) is 1.82. The first-order valence-corrected chi connectivity index (χ1v) is 5.18. The first-order valence-electron chi connectivity index (χ1n) is 5.18. The molecule has 17 heavy (non-hydrogen) atoms. The topological polar surface area (TPSA) is 42.0 Å². The Bertz CT molecular complexity index is 405. The molecule has 0 saturated heterocycles. The molecule has 2 amide bonds. The van der Waals surface area contributed by atoms with E-state index >= 15 is 0 Å². The first kappa shape index (κ1) is 13.2. The maximum atomic E-state index is 11.8. The lowest BCUT2D eigenvalue weighted by molar-refractivity contribution is 0.225. The summed E-state index contributed by atoms with van der Waals surface area (Å²) in [5.74, 6) is 1.24. The molecule has 0 saturated carbocycles. The highest BCUT2D eigenvalue weighted by Gasteiger charge is 2.14.